The Morgan fingerprint density at radius 3 is 2.75 bits per heavy atom. The predicted molar refractivity (Wildman–Crippen MR) is 77.0 cm³/mol. The van der Waals surface area contributed by atoms with Crippen LogP contribution in [0.1, 0.15) is 32.6 Å². The zero-order valence-corrected chi connectivity index (χ0v) is 12.9. The number of halogens is 1. The summed E-state index contributed by atoms with van der Waals surface area (Å²) in [6, 6.07) is 1.42. The van der Waals surface area contributed by atoms with E-state index in [1.165, 1.54) is 18.5 Å². The van der Waals surface area contributed by atoms with Gasteiger partial charge in [-0.1, -0.05) is 18.5 Å². The largest absolute Gasteiger partial charge is 0.389 e. The molecule has 5 nitrogen and oxygen atoms in total. The summed E-state index contributed by atoms with van der Waals surface area (Å²) in [7, 11) is -3.75. The van der Waals surface area contributed by atoms with Gasteiger partial charge in [-0.05, 0) is 37.7 Å². The van der Waals surface area contributed by atoms with Crippen molar-refractivity contribution in [2.45, 2.75) is 43.1 Å². The average Bonchev–Trinajstić information content (AvgIpc) is 2.41. The molecule has 0 atom stereocenters. The molecule has 1 aliphatic rings. The molecule has 1 fully saturated rings. The molecule has 0 saturated heterocycles. The minimum absolute atomic E-state index is 0.00722. The smallest absolute Gasteiger partial charge is 0.243 e. The lowest BCUT2D eigenvalue weighted by atomic mass is 9.80. The average molecular weight is 319 g/mol. The van der Waals surface area contributed by atoms with Crippen LogP contribution in [0.25, 0.3) is 0 Å². The van der Waals surface area contributed by atoms with Crippen LogP contribution in [0.2, 0.25) is 5.02 Å². The van der Waals surface area contributed by atoms with Gasteiger partial charge >= 0.3 is 0 Å². The van der Waals surface area contributed by atoms with Crippen LogP contribution in [0, 0.1) is 5.92 Å². The van der Waals surface area contributed by atoms with Gasteiger partial charge in [0.2, 0.25) is 10.0 Å². The third kappa shape index (κ3) is 3.69. The van der Waals surface area contributed by atoms with Crippen LogP contribution in [-0.4, -0.2) is 30.7 Å². The van der Waals surface area contributed by atoms with Gasteiger partial charge in [-0.25, -0.2) is 13.1 Å². The number of sulfonamides is 1. The first-order chi connectivity index (χ1) is 9.32. The molecule has 1 aromatic rings. The number of nitrogens with one attached hydrogen (secondary N) is 1. The minimum atomic E-state index is -3.75. The highest BCUT2D eigenvalue weighted by atomic mass is 35.5. The summed E-state index contributed by atoms with van der Waals surface area (Å²) >= 11 is 5.86. The molecule has 20 heavy (non-hydrogen) atoms. The predicted octanol–water partition coefficient (Wildman–Crippen LogP) is 1.95. The van der Waals surface area contributed by atoms with Crippen molar-refractivity contribution in [2.75, 3.05) is 6.54 Å². The normalized spacial score (nSPS) is 27.4. The molecule has 0 spiro atoms. The lowest BCUT2D eigenvalue weighted by Gasteiger charge is -2.34. The summed E-state index contributed by atoms with van der Waals surface area (Å²) in [5, 5.41) is 10.5. The number of rotatable bonds is 4. The first kappa shape index (κ1) is 15.7. The second-order valence-electron chi connectivity index (χ2n) is 5.54. The van der Waals surface area contributed by atoms with E-state index in [4.69, 9.17) is 11.6 Å². The lowest BCUT2D eigenvalue weighted by Crippen LogP contribution is -2.45. The number of pyridine rings is 1. The summed E-state index contributed by atoms with van der Waals surface area (Å²) in [5.41, 5.74) is -0.964. The van der Waals surface area contributed by atoms with E-state index in [1.54, 1.807) is 0 Å². The molecule has 0 bridgehead atoms. The fourth-order valence-corrected chi connectivity index (χ4v) is 3.89. The molecule has 0 radical (unpaired) electrons. The minimum Gasteiger partial charge on any atom is -0.389 e. The molecule has 0 unspecified atom stereocenters. The first-order valence-corrected chi connectivity index (χ1v) is 8.50. The maximum Gasteiger partial charge on any atom is 0.243 e. The Hall–Kier alpha value is -0.690. The van der Waals surface area contributed by atoms with Crippen molar-refractivity contribution in [3.63, 3.8) is 0 Å². The topological polar surface area (TPSA) is 79.3 Å². The maximum atomic E-state index is 12.2. The molecule has 2 rings (SSSR count). The summed E-state index contributed by atoms with van der Waals surface area (Å²) in [5.74, 6) is 0.583. The van der Waals surface area contributed by atoms with E-state index in [-0.39, 0.29) is 16.5 Å². The van der Waals surface area contributed by atoms with E-state index in [9.17, 15) is 13.5 Å². The second kappa shape index (κ2) is 5.97. The number of aliphatic hydroxyl groups is 1. The quantitative estimate of drug-likeness (QED) is 0.889. The SMILES string of the molecule is CC1CCC(O)(CNS(=O)(=O)c2cnccc2Cl)CC1. The van der Waals surface area contributed by atoms with Gasteiger partial charge in [0.25, 0.3) is 0 Å². The molecule has 112 valence electrons. The molecule has 2 N–H and O–H groups in total. The summed E-state index contributed by atoms with van der Waals surface area (Å²) in [6.45, 7) is 2.15. The van der Waals surface area contributed by atoms with Crippen molar-refractivity contribution in [1.82, 2.24) is 9.71 Å². The Morgan fingerprint density at radius 2 is 2.15 bits per heavy atom. The van der Waals surface area contributed by atoms with E-state index >= 15 is 0 Å². The van der Waals surface area contributed by atoms with Crippen LogP contribution >= 0.6 is 11.6 Å². The molecule has 0 amide bonds. The molecule has 1 aromatic heterocycles. The summed E-state index contributed by atoms with van der Waals surface area (Å²) < 4.78 is 26.8. The maximum absolute atomic E-state index is 12.2. The Kier molecular flexibility index (Phi) is 4.69. The van der Waals surface area contributed by atoms with Gasteiger partial charge in [-0.2, -0.15) is 0 Å². The van der Waals surface area contributed by atoms with Gasteiger partial charge in [0.05, 0.1) is 10.6 Å². The van der Waals surface area contributed by atoms with Gasteiger partial charge in [0.1, 0.15) is 4.90 Å². The molecule has 0 aliphatic heterocycles. The van der Waals surface area contributed by atoms with Gasteiger partial charge < -0.3 is 5.11 Å². The molecule has 1 saturated carbocycles. The zero-order chi connectivity index (χ0) is 14.8. The van der Waals surface area contributed by atoms with Crippen molar-refractivity contribution in [1.29, 1.82) is 0 Å². The van der Waals surface area contributed by atoms with Crippen molar-refractivity contribution in [3.8, 4) is 0 Å². The van der Waals surface area contributed by atoms with E-state index in [2.05, 4.69) is 16.6 Å². The highest BCUT2D eigenvalue weighted by Gasteiger charge is 2.33. The highest BCUT2D eigenvalue weighted by molar-refractivity contribution is 7.89. The Bertz CT molecular complexity index is 569. The zero-order valence-electron chi connectivity index (χ0n) is 11.3. The Morgan fingerprint density at radius 1 is 1.50 bits per heavy atom. The fraction of sp³-hybridized carbons (Fsp3) is 0.615. The molecular formula is C13H19ClN2O3S. The van der Waals surface area contributed by atoms with Gasteiger partial charge in [-0.3, -0.25) is 4.98 Å². The third-order valence-electron chi connectivity index (χ3n) is 3.82. The van der Waals surface area contributed by atoms with Crippen LogP contribution < -0.4 is 4.72 Å². The van der Waals surface area contributed by atoms with Gasteiger partial charge in [0, 0.05) is 18.9 Å². The van der Waals surface area contributed by atoms with Gasteiger partial charge in [0.15, 0.2) is 0 Å². The molecular weight excluding hydrogens is 300 g/mol. The van der Waals surface area contributed by atoms with E-state index < -0.39 is 15.6 Å². The Labute approximate surface area is 124 Å². The van der Waals surface area contributed by atoms with Crippen molar-refractivity contribution in [3.05, 3.63) is 23.5 Å². The standard InChI is InChI=1S/C13H19ClN2O3S/c1-10-2-5-13(17,6-3-10)9-16-20(18,19)12-8-15-7-4-11(12)14/h4,7-8,10,16-17H,2-3,5-6,9H2,1H3. The Balaban J connectivity index is 2.05. The van der Waals surface area contributed by atoms with Crippen LogP contribution in [0.5, 0.6) is 0 Å². The van der Waals surface area contributed by atoms with Crippen molar-refractivity contribution < 1.29 is 13.5 Å². The van der Waals surface area contributed by atoms with Gasteiger partial charge in [-0.15, -0.1) is 0 Å². The highest BCUT2D eigenvalue weighted by Crippen LogP contribution is 2.31. The van der Waals surface area contributed by atoms with Crippen LogP contribution in [-0.2, 0) is 10.0 Å². The summed E-state index contributed by atoms with van der Waals surface area (Å²) in [4.78, 5) is 3.71. The third-order valence-corrected chi connectivity index (χ3v) is 5.69. The molecule has 1 heterocycles. The number of hydrogen-bond donors (Lipinski definition) is 2. The van der Waals surface area contributed by atoms with Crippen LogP contribution in [0.15, 0.2) is 23.4 Å². The fourth-order valence-electron chi connectivity index (χ4n) is 2.34. The van der Waals surface area contributed by atoms with Crippen LogP contribution in [0.3, 0.4) is 0 Å². The molecule has 7 heteroatoms. The monoisotopic (exact) mass is 318 g/mol. The molecule has 1 aliphatic carbocycles. The van der Waals surface area contributed by atoms with E-state index in [0.717, 1.165) is 12.8 Å². The van der Waals surface area contributed by atoms with E-state index in [0.29, 0.717) is 18.8 Å². The van der Waals surface area contributed by atoms with Crippen molar-refractivity contribution >= 4 is 21.6 Å². The number of aromatic nitrogens is 1. The lowest BCUT2D eigenvalue weighted by molar-refractivity contribution is -0.00182. The summed E-state index contributed by atoms with van der Waals surface area (Å²) in [6.07, 6.45) is 5.67. The van der Waals surface area contributed by atoms with Crippen molar-refractivity contribution in [2.24, 2.45) is 5.92 Å². The number of hydrogen-bond acceptors (Lipinski definition) is 4. The second-order valence-corrected chi connectivity index (χ2v) is 7.68. The van der Waals surface area contributed by atoms with E-state index in [1.807, 2.05) is 0 Å². The molecule has 0 aromatic carbocycles. The first-order valence-electron chi connectivity index (χ1n) is 6.64. The number of nitrogens with zero attached hydrogens (tertiary/aromatic N) is 1. The van der Waals surface area contributed by atoms with Crippen LogP contribution in [0.4, 0.5) is 0 Å².